The number of rotatable bonds is 11. The van der Waals surface area contributed by atoms with Crippen molar-refractivity contribution >= 4 is 32.8 Å². The zero-order valence-electron chi connectivity index (χ0n) is 49.5. The molecule has 1 atom stereocenters. The van der Waals surface area contributed by atoms with Crippen LogP contribution in [0.4, 0.5) is 0 Å². The molecule has 3 heterocycles. The van der Waals surface area contributed by atoms with Gasteiger partial charge in [0.15, 0.2) is 0 Å². The Morgan fingerprint density at radius 3 is 1.90 bits per heavy atom. The van der Waals surface area contributed by atoms with Crippen LogP contribution in [0.25, 0.3) is 94.5 Å². The van der Waals surface area contributed by atoms with E-state index in [2.05, 4.69) is 67.2 Å². The van der Waals surface area contributed by atoms with Crippen molar-refractivity contribution in [1.29, 1.82) is 0 Å². The fourth-order valence-electron chi connectivity index (χ4n) is 9.37. The summed E-state index contributed by atoms with van der Waals surface area (Å²) in [6.45, 7) is 6.09. The SMILES string of the molecule is [2H]c1c([2H])c([2H])c(-c2cccc(-c3c([2H])c([2H])c([2H])c([2H])c3[2H])c2-[n+]2[c-]n(-c3cccc(Oc4ccc5c6cc(-c7ccccc7)ccc6n(-c6cc(C([2H])(C)C(C)C)c(-c7ccccc7)cn6)c5c4)c3)c3ccccc32)c([2H])c1[2H]. The number of pyridine rings is 1. The van der Waals surface area contributed by atoms with Gasteiger partial charge in [0, 0.05) is 30.0 Å². The Labute approximate surface area is 424 Å². The highest BCUT2D eigenvalue weighted by Gasteiger charge is 2.22. The van der Waals surface area contributed by atoms with Crippen LogP contribution in [0, 0.1) is 12.2 Å². The highest BCUT2D eigenvalue weighted by molar-refractivity contribution is 6.10. The quantitative estimate of drug-likeness (QED) is 0.0957. The van der Waals surface area contributed by atoms with E-state index in [1.807, 2.05) is 122 Å². The average Bonchev–Trinajstić information content (AvgIpc) is 4.29. The van der Waals surface area contributed by atoms with Gasteiger partial charge in [-0.2, -0.15) is 0 Å². The summed E-state index contributed by atoms with van der Waals surface area (Å²) in [5, 5.41) is 1.99. The van der Waals surface area contributed by atoms with Crippen molar-refractivity contribution in [1.82, 2.24) is 14.1 Å². The second-order valence-corrected chi connectivity index (χ2v) is 17.5. The molecule has 5 heteroatoms. The lowest BCUT2D eigenvalue weighted by Crippen LogP contribution is -2.31. The summed E-state index contributed by atoms with van der Waals surface area (Å²) in [6.07, 6.45) is 5.34. The average molecular weight is 914 g/mol. The molecule has 3 aromatic heterocycles. The van der Waals surface area contributed by atoms with Gasteiger partial charge in [-0.1, -0.05) is 196 Å². The molecule has 0 aliphatic rings. The van der Waals surface area contributed by atoms with Crippen molar-refractivity contribution in [2.45, 2.75) is 26.7 Å². The molecule has 12 rings (SSSR count). The lowest BCUT2D eigenvalue weighted by atomic mass is 9.86. The molecule has 0 fully saturated rings. The van der Waals surface area contributed by atoms with Crippen LogP contribution in [0.3, 0.4) is 0 Å². The van der Waals surface area contributed by atoms with Crippen LogP contribution >= 0.6 is 0 Å². The van der Waals surface area contributed by atoms with Crippen LogP contribution in [0.1, 0.15) is 47.3 Å². The number of hydrogen-bond acceptors (Lipinski definition) is 2. The van der Waals surface area contributed by atoms with Crippen molar-refractivity contribution in [2.75, 3.05) is 0 Å². The van der Waals surface area contributed by atoms with E-state index in [0.29, 0.717) is 34.0 Å². The first kappa shape index (κ1) is 32.0. The molecule has 0 saturated heterocycles. The smallest absolute Gasteiger partial charge is 0.269 e. The highest BCUT2D eigenvalue weighted by atomic mass is 16.5. The third-order valence-electron chi connectivity index (χ3n) is 13.0. The summed E-state index contributed by atoms with van der Waals surface area (Å²) in [7, 11) is 0. The maximum Gasteiger partial charge on any atom is 0.269 e. The zero-order valence-corrected chi connectivity index (χ0v) is 38.5. The molecule has 0 radical (unpaired) electrons. The van der Waals surface area contributed by atoms with Crippen molar-refractivity contribution < 1.29 is 24.4 Å². The first-order valence-corrected chi connectivity index (χ1v) is 23.2. The Bertz CT molecular complexity index is 4370. The molecule has 70 heavy (non-hydrogen) atoms. The second-order valence-electron chi connectivity index (χ2n) is 17.5. The number of benzene rings is 9. The number of ether oxygens (including phenoxy) is 1. The predicted octanol–water partition coefficient (Wildman–Crippen LogP) is 16.4. The fraction of sp³-hybridized carbons (Fsp3) is 0.0769. The van der Waals surface area contributed by atoms with Gasteiger partial charge in [0.05, 0.1) is 47.1 Å². The lowest BCUT2D eigenvalue weighted by molar-refractivity contribution is -0.571. The maximum absolute atomic E-state index is 9.75. The molecule has 1 unspecified atom stereocenters. The van der Waals surface area contributed by atoms with E-state index in [1.54, 1.807) is 27.3 Å². The van der Waals surface area contributed by atoms with Gasteiger partial charge in [0.25, 0.3) is 6.33 Å². The van der Waals surface area contributed by atoms with E-state index in [1.165, 1.54) is 0 Å². The Hall–Kier alpha value is -8.80. The standard InChI is InChI=1S/C65H50N4O/c1-44(2)45(3)57-41-64(66-42-59(57)49-26-14-7-15-27-49)69-60-37-34-50(46-20-8-4-9-21-46)38-58(60)56-36-35-53(40-63(56)69)70-52-29-18-28-51(39-52)67-43-68(62-33-17-16-32-61(62)67)65-54(47-22-10-5-11-23-47)30-19-31-55(65)48-24-12-6-13-25-48/h4-42,44-45H,1-3H3/i5D,6D,10D,11D,12D,13D,22D,23D,24D,25D,45D. The molecular formula is C65H50N4O. The normalized spacial score (nSPS) is 14.7. The third-order valence-corrected chi connectivity index (χ3v) is 13.0. The topological polar surface area (TPSA) is 35.9 Å². The minimum atomic E-state index is -0.969. The van der Waals surface area contributed by atoms with Crippen molar-refractivity contribution in [2.24, 2.45) is 5.92 Å². The largest absolute Gasteiger partial charge is 0.458 e. The van der Waals surface area contributed by atoms with E-state index in [9.17, 15) is 1.37 Å². The Morgan fingerprint density at radius 1 is 0.529 bits per heavy atom. The summed E-state index contributed by atoms with van der Waals surface area (Å²) in [5.41, 5.74) is 8.60. The lowest BCUT2D eigenvalue weighted by Gasteiger charge is -2.21. The van der Waals surface area contributed by atoms with Gasteiger partial charge >= 0.3 is 0 Å². The van der Waals surface area contributed by atoms with Crippen LogP contribution in [0.5, 0.6) is 11.5 Å². The Kier molecular flexibility index (Phi) is 8.25. The van der Waals surface area contributed by atoms with E-state index < -0.39 is 66.3 Å². The van der Waals surface area contributed by atoms with Gasteiger partial charge in [-0.3, -0.25) is 13.7 Å². The molecule has 0 aliphatic carbocycles. The highest BCUT2D eigenvalue weighted by Crippen LogP contribution is 2.41. The third kappa shape index (κ3) is 7.72. The zero-order chi connectivity index (χ0) is 56.8. The van der Waals surface area contributed by atoms with Gasteiger partial charge in [-0.15, -0.1) is 0 Å². The van der Waals surface area contributed by atoms with Crippen molar-refractivity contribution in [3.63, 3.8) is 0 Å². The Morgan fingerprint density at radius 2 is 1.19 bits per heavy atom. The minimum absolute atomic E-state index is 0.0218. The predicted molar refractivity (Wildman–Crippen MR) is 287 cm³/mol. The minimum Gasteiger partial charge on any atom is -0.458 e. The number of hydrogen-bond donors (Lipinski definition) is 0. The molecule has 0 aliphatic heterocycles. The van der Waals surface area contributed by atoms with Gasteiger partial charge < -0.3 is 4.74 Å². The maximum atomic E-state index is 9.75. The summed E-state index contributed by atoms with van der Waals surface area (Å²) in [4.78, 5) is 5.15. The van der Waals surface area contributed by atoms with E-state index >= 15 is 0 Å². The first-order valence-electron chi connectivity index (χ1n) is 28.7. The Balaban J connectivity index is 1.02. The van der Waals surface area contributed by atoms with Gasteiger partial charge in [-0.25, -0.2) is 4.98 Å². The van der Waals surface area contributed by atoms with Gasteiger partial charge in [-0.05, 0) is 105 Å². The van der Waals surface area contributed by atoms with Crippen LogP contribution in [0.2, 0.25) is 0 Å². The summed E-state index contributed by atoms with van der Waals surface area (Å²) < 4.78 is 110. The number of nitrogens with zero attached hydrogens (tertiary/aromatic N) is 4. The summed E-state index contributed by atoms with van der Waals surface area (Å²) in [5.74, 6) is 0.678. The molecule has 336 valence electrons. The monoisotopic (exact) mass is 913 g/mol. The summed E-state index contributed by atoms with van der Waals surface area (Å²) >= 11 is 0. The van der Waals surface area contributed by atoms with Crippen LogP contribution in [-0.2, 0) is 0 Å². The van der Waals surface area contributed by atoms with E-state index in [0.717, 1.165) is 49.6 Å². The molecule has 0 saturated carbocycles. The van der Waals surface area contributed by atoms with Crippen LogP contribution in [0.15, 0.2) is 236 Å². The van der Waals surface area contributed by atoms with E-state index in [-0.39, 0.29) is 33.9 Å². The van der Waals surface area contributed by atoms with Crippen LogP contribution < -0.4 is 9.30 Å². The summed E-state index contributed by atoms with van der Waals surface area (Å²) in [6, 6.07) is 49.1. The molecule has 9 aromatic carbocycles. The molecule has 12 aromatic rings. The fourth-order valence-corrected chi connectivity index (χ4v) is 9.37. The first-order chi connectivity index (χ1) is 38.9. The van der Waals surface area contributed by atoms with Crippen LogP contribution in [-0.4, -0.2) is 14.1 Å². The molecule has 0 spiro atoms. The number of fused-ring (bicyclic) bond motifs is 4. The van der Waals surface area contributed by atoms with Gasteiger partial charge in [0.2, 0.25) is 0 Å². The number of aromatic nitrogens is 4. The molecular weight excluding hydrogens is 853 g/mol. The van der Waals surface area contributed by atoms with Gasteiger partial charge in [0.1, 0.15) is 17.3 Å². The van der Waals surface area contributed by atoms with Crippen molar-refractivity contribution in [3.8, 4) is 73.2 Å². The van der Waals surface area contributed by atoms with Crippen molar-refractivity contribution in [3.05, 3.63) is 248 Å². The molecule has 5 nitrogen and oxygen atoms in total. The second kappa shape index (κ2) is 18.0. The number of imidazole rings is 1. The molecule has 0 amide bonds. The number of para-hydroxylation sites is 3. The molecule has 0 bridgehead atoms. The molecule has 0 N–H and O–H groups in total. The van der Waals surface area contributed by atoms with E-state index in [4.69, 9.17) is 23.4 Å².